The first-order valence-electron chi connectivity index (χ1n) is 8.42. The highest BCUT2D eigenvalue weighted by Gasteiger charge is 2.24. The standard InChI is InChI=1S/C17H31NO5/c1-12(2)7-13(10-18-15(19)9-17(3,4)21)8-16(20)23-14-5-6-22-11-14/h12-14,21H,5-11H2,1-4H3,(H,18,19)/t13-,14?/m0/s1. The summed E-state index contributed by atoms with van der Waals surface area (Å²) in [7, 11) is 0. The van der Waals surface area contributed by atoms with Crippen LogP contribution < -0.4 is 5.32 Å². The van der Waals surface area contributed by atoms with Gasteiger partial charge in [0.2, 0.25) is 5.91 Å². The average Bonchev–Trinajstić information content (AvgIpc) is 2.85. The Balaban J connectivity index is 2.41. The lowest BCUT2D eigenvalue weighted by molar-refractivity contribution is -0.150. The first-order valence-corrected chi connectivity index (χ1v) is 8.42. The molecule has 0 aromatic heterocycles. The van der Waals surface area contributed by atoms with Crippen molar-refractivity contribution in [2.24, 2.45) is 11.8 Å². The molecule has 0 aromatic rings. The molecule has 1 aliphatic heterocycles. The predicted molar refractivity (Wildman–Crippen MR) is 86.8 cm³/mol. The molecule has 1 fully saturated rings. The number of amides is 1. The largest absolute Gasteiger partial charge is 0.460 e. The lowest BCUT2D eigenvalue weighted by atomic mass is 9.94. The third kappa shape index (κ3) is 9.56. The number of aliphatic hydroxyl groups is 1. The van der Waals surface area contributed by atoms with Gasteiger partial charge < -0.3 is 19.9 Å². The molecule has 1 rings (SSSR count). The van der Waals surface area contributed by atoms with E-state index in [1.165, 1.54) is 0 Å². The molecule has 1 saturated heterocycles. The molecule has 6 heteroatoms. The van der Waals surface area contributed by atoms with Crippen LogP contribution >= 0.6 is 0 Å². The monoisotopic (exact) mass is 329 g/mol. The maximum Gasteiger partial charge on any atom is 0.306 e. The number of carbonyl (C=O) groups is 2. The average molecular weight is 329 g/mol. The molecule has 134 valence electrons. The minimum atomic E-state index is -1.03. The lowest BCUT2D eigenvalue weighted by Crippen LogP contribution is -2.36. The molecule has 0 aromatic carbocycles. The molecule has 1 unspecified atom stereocenters. The summed E-state index contributed by atoms with van der Waals surface area (Å²) in [5.41, 5.74) is -1.03. The first kappa shape index (κ1) is 19.9. The first-order chi connectivity index (χ1) is 10.7. The van der Waals surface area contributed by atoms with E-state index in [0.29, 0.717) is 25.7 Å². The molecule has 0 saturated carbocycles. The third-order valence-electron chi connectivity index (χ3n) is 3.63. The number of ether oxygens (including phenoxy) is 2. The van der Waals surface area contributed by atoms with Crippen LogP contribution in [0.1, 0.15) is 53.4 Å². The molecule has 0 bridgehead atoms. The van der Waals surface area contributed by atoms with Crippen LogP contribution in [0.25, 0.3) is 0 Å². The van der Waals surface area contributed by atoms with Gasteiger partial charge in [-0.2, -0.15) is 0 Å². The van der Waals surface area contributed by atoms with Crippen molar-refractivity contribution in [3.8, 4) is 0 Å². The van der Waals surface area contributed by atoms with E-state index < -0.39 is 5.60 Å². The number of rotatable bonds is 9. The van der Waals surface area contributed by atoms with Gasteiger partial charge in [-0.15, -0.1) is 0 Å². The van der Waals surface area contributed by atoms with E-state index in [1.54, 1.807) is 13.8 Å². The summed E-state index contributed by atoms with van der Waals surface area (Å²) in [5.74, 6) is 0.0241. The van der Waals surface area contributed by atoms with Gasteiger partial charge in [0.15, 0.2) is 0 Å². The van der Waals surface area contributed by atoms with Crippen LogP contribution in [0, 0.1) is 11.8 Å². The molecule has 0 aliphatic carbocycles. The maximum absolute atomic E-state index is 12.0. The molecule has 0 radical (unpaired) electrons. The van der Waals surface area contributed by atoms with Crippen molar-refractivity contribution in [1.82, 2.24) is 5.32 Å². The van der Waals surface area contributed by atoms with Gasteiger partial charge in [-0.3, -0.25) is 9.59 Å². The summed E-state index contributed by atoms with van der Waals surface area (Å²) in [6, 6.07) is 0. The number of hydrogen-bond donors (Lipinski definition) is 2. The van der Waals surface area contributed by atoms with Crippen LogP contribution in [0.4, 0.5) is 0 Å². The van der Waals surface area contributed by atoms with Crippen molar-refractivity contribution in [3.05, 3.63) is 0 Å². The van der Waals surface area contributed by atoms with Gasteiger partial charge in [0.1, 0.15) is 6.10 Å². The van der Waals surface area contributed by atoms with E-state index in [1.807, 2.05) is 0 Å². The van der Waals surface area contributed by atoms with Gasteiger partial charge in [0.25, 0.3) is 0 Å². The Morgan fingerprint density at radius 2 is 2.09 bits per heavy atom. The normalized spacial score (nSPS) is 19.7. The van der Waals surface area contributed by atoms with Crippen molar-refractivity contribution < 1.29 is 24.2 Å². The van der Waals surface area contributed by atoms with Crippen molar-refractivity contribution in [2.75, 3.05) is 19.8 Å². The summed E-state index contributed by atoms with van der Waals surface area (Å²) in [6.45, 7) is 8.90. The predicted octanol–water partition coefficient (Wildman–Crippen LogP) is 1.65. The van der Waals surface area contributed by atoms with Crippen LogP contribution in [-0.2, 0) is 19.1 Å². The van der Waals surface area contributed by atoms with E-state index in [0.717, 1.165) is 12.8 Å². The Bertz CT molecular complexity index is 383. The molecule has 1 aliphatic rings. The van der Waals surface area contributed by atoms with Crippen molar-refractivity contribution >= 4 is 11.9 Å². The number of nitrogens with one attached hydrogen (secondary N) is 1. The van der Waals surface area contributed by atoms with E-state index in [4.69, 9.17) is 9.47 Å². The highest BCUT2D eigenvalue weighted by molar-refractivity contribution is 5.77. The zero-order chi connectivity index (χ0) is 17.5. The number of esters is 1. The molecular formula is C17H31NO5. The Morgan fingerprint density at radius 1 is 1.39 bits per heavy atom. The Labute approximate surface area is 138 Å². The second-order valence-corrected chi connectivity index (χ2v) is 7.47. The molecule has 23 heavy (non-hydrogen) atoms. The Morgan fingerprint density at radius 3 is 2.61 bits per heavy atom. The van der Waals surface area contributed by atoms with E-state index in [2.05, 4.69) is 19.2 Å². The minimum Gasteiger partial charge on any atom is -0.460 e. The van der Waals surface area contributed by atoms with Crippen LogP contribution in [-0.4, -0.2) is 48.4 Å². The molecule has 2 N–H and O–H groups in total. The maximum atomic E-state index is 12.0. The second-order valence-electron chi connectivity index (χ2n) is 7.47. The molecule has 1 heterocycles. The fraction of sp³-hybridized carbons (Fsp3) is 0.882. The SMILES string of the molecule is CC(C)C[C@H](CNC(=O)CC(C)(C)O)CC(=O)OC1CCOC1. The van der Waals surface area contributed by atoms with E-state index >= 15 is 0 Å². The van der Waals surface area contributed by atoms with Crippen LogP contribution in [0.3, 0.4) is 0 Å². The van der Waals surface area contributed by atoms with Crippen LogP contribution in [0.2, 0.25) is 0 Å². The van der Waals surface area contributed by atoms with Crippen LogP contribution in [0.5, 0.6) is 0 Å². The van der Waals surface area contributed by atoms with Crippen molar-refractivity contribution in [3.63, 3.8) is 0 Å². The highest BCUT2D eigenvalue weighted by atomic mass is 16.6. The highest BCUT2D eigenvalue weighted by Crippen LogP contribution is 2.18. The quantitative estimate of drug-likeness (QED) is 0.628. The van der Waals surface area contributed by atoms with Gasteiger partial charge in [-0.05, 0) is 32.1 Å². The molecule has 1 amide bonds. The summed E-state index contributed by atoms with van der Waals surface area (Å²) >= 11 is 0. The Kier molecular flexibility index (Phi) is 7.99. The topological polar surface area (TPSA) is 84.9 Å². The minimum absolute atomic E-state index is 0.0376. The van der Waals surface area contributed by atoms with Crippen LogP contribution in [0.15, 0.2) is 0 Å². The van der Waals surface area contributed by atoms with Gasteiger partial charge in [0.05, 0.1) is 31.7 Å². The van der Waals surface area contributed by atoms with Crippen molar-refractivity contribution in [2.45, 2.75) is 65.1 Å². The Hall–Kier alpha value is -1.14. The van der Waals surface area contributed by atoms with E-state index in [9.17, 15) is 14.7 Å². The lowest BCUT2D eigenvalue weighted by Gasteiger charge is -2.21. The van der Waals surface area contributed by atoms with E-state index in [-0.39, 0.29) is 36.7 Å². The van der Waals surface area contributed by atoms with Gasteiger partial charge in [0, 0.05) is 13.0 Å². The van der Waals surface area contributed by atoms with Crippen molar-refractivity contribution in [1.29, 1.82) is 0 Å². The third-order valence-corrected chi connectivity index (χ3v) is 3.63. The number of carbonyl (C=O) groups excluding carboxylic acids is 2. The number of hydrogen-bond acceptors (Lipinski definition) is 5. The van der Waals surface area contributed by atoms with Gasteiger partial charge >= 0.3 is 5.97 Å². The van der Waals surface area contributed by atoms with Gasteiger partial charge in [-0.1, -0.05) is 13.8 Å². The molecule has 6 nitrogen and oxygen atoms in total. The van der Waals surface area contributed by atoms with Gasteiger partial charge in [-0.25, -0.2) is 0 Å². The summed E-state index contributed by atoms with van der Waals surface area (Å²) in [5, 5.41) is 12.5. The summed E-state index contributed by atoms with van der Waals surface area (Å²) in [6.07, 6.45) is 1.79. The smallest absolute Gasteiger partial charge is 0.306 e. The molecule has 2 atom stereocenters. The zero-order valence-corrected chi connectivity index (χ0v) is 14.8. The summed E-state index contributed by atoms with van der Waals surface area (Å²) < 4.78 is 10.6. The zero-order valence-electron chi connectivity index (χ0n) is 14.8. The molecular weight excluding hydrogens is 298 g/mol. The molecule has 0 spiro atoms. The second kappa shape index (κ2) is 9.23. The summed E-state index contributed by atoms with van der Waals surface area (Å²) in [4.78, 5) is 23.8. The fourth-order valence-electron chi connectivity index (χ4n) is 2.69. The fourth-order valence-corrected chi connectivity index (χ4v) is 2.69.